The molecule has 3 rings (SSSR count). The predicted octanol–water partition coefficient (Wildman–Crippen LogP) is 3.76. The molecular weight excluding hydrogens is 316 g/mol. The van der Waals surface area contributed by atoms with E-state index in [1.807, 2.05) is 11.3 Å². The Labute approximate surface area is 150 Å². The Hall–Kier alpha value is -1.17. The number of thiophene rings is 1. The van der Waals surface area contributed by atoms with E-state index in [9.17, 15) is 0 Å². The van der Waals surface area contributed by atoms with E-state index in [1.54, 1.807) is 0 Å². The number of aromatic nitrogens is 2. The molecule has 1 saturated heterocycles. The van der Waals surface area contributed by atoms with Gasteiger partial charge in [-0.15, -0.1) is 11.3 Å². The molecule has 24 heavy (non-hydrogen) atoms. The molecule has 4 nitrogen and oxygen atoms in total. The van der Waals surface area contributed by atoms with E-state index in [0.29, 0.717) is 6.04 Å². The molecule has 1 aliphatic heterocycles. The second kappa shape index (κ2) is 8.28. The van der Waals surface area contributed by atoms with Crippen LogP contribution in [0.3, 0.4) is 0 Å². The van der Waals surface area contributed by atoms with E-state index in [1.165, 1.54) is 42.1 Å². The molecule has 1 fully saturated rings. The molecule has 3 heterocycles. The molecule has 0 spiro atoms. The third kappa shape index (κ3) is 4.26. The lowest BCUT2D eigenvalue weighted by Gasteiger charge is -2.30. The minimum Gasteiger partial charge on any atom is -0.299 e. The van der Waals surface area contributed by atoms with Crippen molar-refractivity contribution < 1.29 is 0 Å². The zero-order chi connectivity index (χ0) is 16.9. The fourth-order valence-corrected chi connectivity index (χ4v) is 4.49. The van der Waals surface area contributed by atoms with Crippen LogP contribution in [0.4, 0.5) is 0 Å². The van der Waals surface area contributed by atoms with Crippen LogP contribution in [0.5, 0.6) is 0 Å². The molecule has 0 unspecified atom stereocenters. The van der Waals surface area contributed by atoms with Crippen LogP contribution in [-0.2, 0) is 19.6 Å². The zero-order valence-electron chi connectivity index (χ0n) is 15.2. The standard InChI is InChI=1S/C19H30N4S/c1-4-22-10-6-8-18(22)14-21(15-19-9-7-11-24-19)12-17-13-23(5-2)20-16(17)3/h7,9,11,13,18H,4-6,8,10,12,14-15H2,1-3H3/t18-/m1/s1. The molecule has 0 aromatic carbocycles. The van der Waals surface area contributed by atoms with Crippen molar-refractivity contribution in [2.24, 2.45) is 0 Å². The number of hydrogen-bond acceptors (Lipinski definition) is 4. The van der Waals surface area contributed by atoms with Crippen LogP contribution in [0.2, 0.25) is 0 Å². The Bertz CT molecular complexity index is 619. The molecule has 0 saturated carbocycles. The van der Waals surface area contributed by atoms with Crippen LogP contribution in [-0.4, -0.2) is 45.3 Å². The van der Waals surface area contributed by atoms with Gasteiger partial charge in [0.1, 0.15) is 0 Å². The van der Waals surface area contributed by atoms with Crippen molar-refractivity contribution in [3.8, 4) is 0 Å². The van der Waals surface area contributed by atoms with Gasteiger partial charge in [0.25, 0.3) is 0 Å². The van der Waals surface area contributed by atoms with Gasteiger partial charge in [-0.2, -0.15) is 5.10 Å². The maximum absolute atomic E-state index is 4.62. The van der Waals surface area contributed by atoms with Crippen molar-refractivity contribution >= 4 is 11.3 Å². The summed E-state index contributed by atoms with van der Waals surface area (Å²) in [6, 6.07) is 5.12. The monoisotopic (exact) mass is 346 g/mol. The molecular formula is C19H30N4S. The van der Waals surface area contributed by atoms with Crippen molar-refractivity contribution in [1.29, 1.82) is 0 Å². The zero-order valence-corrected chi connectivity index (χ0v) is 16.1. The molecule has 0 amide bonds. The Kier molecular flexibility index (Phi) is 6.09. The van der Waals surface area contributed by atoms with Crippen LogP contribution in [0.25, 0.3) is 0 Å². The van der Waals surface area contributed by atoms with E-state index < -0.39 is 0 Å². The molecule has 0 aliphatic carbocycles. The average molecular weight is 347 g/mol. The molecule has 2 aromatic heterocycles. The first kappa shape index (κ1) is 17.6. The van der Waals surface area contributed by atoms with Gasteiger partial charge in [-0.05, 0) is 51.2 Å². The summed E-state index contributed by atoms with van der Waals surface area (Å²) in [5, 5.41) is 6.81. The van der Waals surface area contributed by atoms with Crippen molar-refractivity contribution in [1.82, 2.24) is 19.6 Å². The average Bonchev–Trinajstić information content (AvgIpc) is 3.30. The Morgan fingerprint density at radius 1 is 1.29 bits per heavy atom. The summed E-state index contributed by atoms with van der Waals surface area (Å²) in [5.74, 6) is 0. The maximum Gasteiger partial charge on any atom is 0.0638 e. The minimum absolute atomic E-state index is 0.705. The summed E-state index contributed by atoms with van der Waals surface area (Å²) < 4.78 is 2.06. The number of likely N-dealkylation sites (tertiary alicyclic amines) is 1. The largest absolute Gasteiger partial charge is 0.299 e. The normalized spacial score (nSPS) is 18.8. The summed E-state index contributed by atoms with van der Waals surface area (Å²) in [5.41, 5.74) is 2.54. The number of likely N-dealkylation sites (N-methyl/N-ethyl adjacent to an activating group) is 1. The van der Waals surface area contributed by atoms with E-state index >= 15 is 0 Å². The van der Waals surface area contributed by atoms with Gasteiger partial charge in [0, 0.05) is 48.9 Å². The van der Waals surface area contributed by atoms with Crippen LogP contribution in [0.1, 0.15) is 42.8 Å². The summed E-state index contributed by atoms with van der Waals surface area (Å²) in [7, 11) is 0. The van der Waals surface area contributed by atoms with E-state index in [4.69, 9.17) is 0 Å². The van der Waals surface area contributed by atoms with Crippen LogP contribution in [0, 0.1) is 6.92 Å². The van der Waals surface area contributed by atoms with E-state index in [-0.39, 0.29) is 0 Å². The third-order valence-electron chi connectivity index (χ3n) is 5.10. The second-order valence-corrected chi connectivity index (χ2v) is 7.80. The summed E-state index contributed by atoms with van der Waals surface area (Å²) >= 11 is 1.86. The molecule has 1 atom stereocenters. The molecule has 5 heteroatoms. The van der Waals surface area contributed by atoms with Crippen molar-refractivity contribution in [3.05, 3.63) is 39.8 Å². The maximum atomic E-state index is 4.62. The lowest BCUT2D eigenvalue weighted by Crippen LogP contribution is -2.39. The SMILES string of the molecule is CCN1CCC[C@@H]1CN(Cc1cccs1)Cc1cn(CC)nc1C. The molecule has 0 bridgehead atoms. The molecule has 1 aliphatic rings. The van der Waals surface area contributed by atoms with Gasteiger partial charge in [-0.3, -0.25) is 14.5 Å². The van der Waals surface area contributed by atoms with Crippen molar-refractivity contribution in [2.45, 2.75) is 59.3 Å². The second-order valence-electron chi connectivity index (χ2n) is 6.77. The topological polar surface area (TPSA) is 24.3 Å². The van der Waals surface area contributed by atoms with E-state index in [2.05, 4.69) is 64.1 Å². The Morgan fingerprint density at radius 3 is 2.83 bits per heavy atom. The lowest BCUT2D eigenvalue weighted by atomic mass is 10.1. The van der Waals surface area contributed by atoms with Gasteiger partial charge >= 0.3 is 0 Å². The van der Waals surface area contributed by atoms with Crippen LogP contribution >= 0.6 is 11.3 Å². The molecule has 132 valence electrons. The highest BCUT2D eigenvalue weighted by Gasteiger charge is 2.25. The predicted molar refractivity (Wildman–Crippen MR) is 101 cm³/mol. The van der Waals surface area contributed by atoms with Crippen molar-refractivity contribution in [2.75, 3.05) is 19.6 Å². The van der Waals surface area contributed by atoms with Gasteiger partial charge in [-0.25, -0.2) is 0 Å². The first-order valence-electron chi connectivity index (χ1n) is 9.21. The van der Waals surface area contributed by atoms with Gasteiger partial charge in [0.05, 0.1) is 5.69 Å². The highest BCUT2D eigenvalue weighted by Crippen LogP contribution is 2.22. The smallest absolute Gasteiger partial charge is 0.0638 e. The van der Waals surface area contributed by atoms with Gasteiger partial charge in [0.15, 0.2) is 0 Å². The minimum atomic E-state index is 0.705. The quantitative estimate of drug-likeness (QED) is 0.727. The highest BCUT2D eigenvalue weighted by atomic mass is 32.1. The third-order valence-corrected chi connectivity index (χ3v) is 5.96. The number of nitrogens with zero attached hydrogens (tertiary/aromatic N) is 4. The molecule has 0 radical (unpaired) electrons. The first-order valence-corrected chi connectivity index (χ1v) is 10.1. The number of hydrogen-bond donors (Lipinski definition) is 0. The van der Waals surface area contributed by atoms with Gasteiger partial charge in [0.2, 0.25) is 0 Å². The molecule has 0 N–H and O–H groups in total. The Balaban J connectivity index is 1.72. The van der Waals surface area contributed by atoms with Crippen LogP contribution < -0.4 is 0 Å². The van der Waals surface area contributed by atoms with Gasteiger partial charge < -0.3 is 0 Å². The summed E-state index contributed by atoms with van der Waals surface area (Å²) in [6.45, 7) is 13.2. The van der Waals surface area contributed by atoms with Crippen LogP contribution in [0.15, 0.2) is 23.7 Å². The van der Waals surface area contributed by atoms with Gasteiger partial charge in [-0.1, -0.05) is 13.0 Å². The summed E-state index contributed by atoms with van der Waals surface area (Å²) in [4.78, 5) is 6.72. The fraction of sp³-hybridized carbons (Fsp3) is 0.632. The summed E-state index contributed by atoms with van der Waals surface area (Å²) in [6.07, 6.45) is 4.91. The van der Waals surface area contributed by atoms with Crippen molar-refractivity contribution in [3.63, 3.8) is 0 Å². The number of aryl methyl sites for hydroxylation is 2. The first-order chi connectivity index (χ1) is 11.7. The van der Waals surface area contributed by atoms with E-state index in [0.717, 1.165) is 26.2 Å². The lowest BCUT2D eigenvalue weighted by molar-refractivity contribution is 0.167. The molecule has 2 aromatic rings. The Morgan fingerprint density at radius 2 is 2.17 bits per heavy atom. The highest BCUT2D eigenvalue weighted by molar-refractivity contribution is 7.09. The fourth-order valence-electron chi connectivity index (χ4n) is 3.74. The number of rotatable bonds is 8.